The Morgan fingerprint density at radius 3 is 2.24 bits per heavy atom. The Labute approximate surface area is 172 Å². The first-order valence-corrected chi connectivity index (χ1v) is 11.3. The molecule has 3 N–H and O–H groups in total. The molecule has 1 atom stereocenters. The van der Waals surface area contributed by atoms with Crippen molar-refractivity contribution < 1.29 is 14.1 Å². The van der Waals surface area contributed by atoms with Crippen molar-refractivity contribution in [3.63, 3.8) is 0 Å². The molecule has 0 bridgehead atoms. The maximum Gasteiger partial charge on any atom is 0.275 e. The van der Waals surface area contributed by atoms with Gasteiger partial charge in [0.25, 0.3) is 5.91 Å². The Kier molecular flexibility index (Phi) is 4.78. The number of amides is 1. The number of fused-ring (bicyclic) bond motifs is 3. The maximum absolute atomic E-state index is 12.9. The molecule has 0 radical (unpaired) electrons. The van der Waals surface area contributed by atoms with Crippen LogP contribution in [0.1, 0.15) is 18.9 Å². The molecular formula is C20H20N4O3S2. The predicted octanol–water partition coefficient (Wildman–Crippen LogP) is 3.41. The van der Waals surface area contributed by atoms with E-state index >= 15 is 0 Å². The van der Waals surface area contributed by atoms with Crippen molar-refractivity contribution in [1.82, 2.24) is 9.55 Å². The minimum atomic E-state index is -3.45. The minimum absolute atomic E-state index is 0.0840. The molecule has 2 heterocycles. The Morgan fingerprint density at radius 2 is 1.72 bits per heavy atom. The van der Waals surface area contributed by atoms with E-state index in [9.17, 15) is 14.1 Å². The van der Waals surface area contributed by atoms with Gasteiger partial charge in [-0.3, -0.25) is 4.79 Å². The predicted molar refractivity (Wildman–Crippen MR) is 115 cm³/mol. The minimum Gasteiger partial charge on any atom is -0.383 e. The molecule has 9 heteroatoms. The highest BCUT2D eigenvalue weighted by molar-refractivity contribution is 7.93. The number of hydrogen-bond acceptors (Lipinski definition) is 5. The first-order chi connectivity index (χ1) is 13.7. The highest BCUT2D eigenvalue weighted by Crippen LogP contribution is 2.29. The lowest BCUT2D eigenvalue weighted by Crippen LogP contribution is -2.16. The molecule has 0 aliphatic heterocycles. The number of para-hydroxylation sites is 2. The van der Waals surface area contributed by atoms with Gasteiger partial charge in [-0.2, -0.15) is 0 Å². The van der Waals surface area contributed by atoms with Gasteiger partial charge in [-0.1, -0.05) is 36.4 Å². The Hall–Kier alpha value is -2.59. The van der Waals surface area contributed by atoms with E-state index in [2.05, 4.69) is 9.35 Å². The smallest absolute Gasteiger partial charge is 0.275 e. The van der Waals surface area contributed by atoms with Gasteiger partial charge in [0.05, 0.1) is 6.20 Å². The summed E-state index contributed by atoms with van der Waals surface area (Å²) in [5.41, 5.74) is 0.594. The topological polar surface area (TPSA) is 111 Å². The highest BCUT2D eigenvalue weighted by atomic mass is 32.2. The zero-order valence-electron chi connectivity index (χ0n) is 15.9. The molecule has 150 valence electrons. The summed E-state index contributed by atoms with van der Waals surface area (Å²) in [5.74, 6) is -0.595. The molecule has 2 aromatic heterocycles. The molecule has 0 aliphatic rings. The summed E-state index contributed by atoms with van der Waals surface area (Å²) in [6.07, 6.45) is 1.30. The average Bonchev–Trinajstić information content (AvgIpc) is 3.27. The van der Waals surface area contributed by atoms with Crippen molar-refractivity contribution in [2.75, 3.05) is 0 Å². The number of carbonyl (C=O) groups is 1. The van der Waals surface area contributed by atoms with Crippen LogP contribution in [0.2, 0.25) is 0 Å². The third kappa shape index (κ3) is 3.69. The van der Waals surface area contributed by atoms with Crippen LogP contribution in [0.3, 0.4) is 0 Å². The summed E-state index contributed by atoms with van der Waals surface area (Å²) in [4.78, 5) is 16.7. The number of rotatable bonds is 4. The van der Waals surface area contributed by atoms with Gasteiger partial charge in [0.2, 0.25) is 0 Å². The van der Waals surface area contributed by atoms with Crippen molar-refractivity contribution >= 4 is 49.0 Å². The van der Waals surface area contributed by atoms with Gasteiger partial charge < -0.3 is 9.67 Å². The molecule has 1 unspecified atom stereocenters. The molecular weight excluding hydrogens is 408 g/mol. The quantitative estimate of drug-likeness (QED) is 0.519. The van der Waals surface area contributed by atoms with Crippen molar-refractivity contribution in [3.05, 3.63) is 59.7 Å². The molecule has 1 amide bonds. The Balaban J connectivity index is 1.73. The second-order valence-electron chi connectivity index (χ2n) is 7.22. The fraction of sp³-hybridized carbons (Fsp3) is 0.200. The van der Waals surface area contributed by atoms with Crippen LogP contribution < -0.4 is 5.14 Å². The summed E-state index contributed by atoms with van der Waals surface area (Å²) in [6.45, 7) is 3.05. The van der Waals surface area contributed by atoms with Crippen LogP contribution >= 0.6 is 11.3 Å². The number of nitrogens with zero attached hydrogens (tertiary/aromatic N) is 3. The lowest BCUT2D eigenvalue weighted by Gasteiger charge is -2.12. The van der Waals surface area contributed by atoms with E-state index in [1.165, 1.54) is 6.20 Å². The van der Waals surface area contributed by atoms with Crippen LogP contribution in [0.25, 0.3) is 21.8 Å². The van der Waals surface area contributed by atoms with Gasteiger partial charge in [-0.15, -0.1) is 15.7 Å². The van der Waals surface area contributed by atoms with E-state index in [0.29, 0.717) is 5.01 Å². The van der Waals surface area contributed by atoms with Crippen molar-refractivity contribution in [2.24, 2.45) is 9.50 Å². The van der Waals surface area contributed by atoms with E-state index in [4.69, 9.17) is 5.14 Å². The summed E-state index contributed by atoms with van der Waals surface area (Å²) in [6, 6.07) is 15.6. The maximum atomic E-state index is 12.9. The number of nitrogens with two attached hydrogens (primary N) is 1. The largest absolute Gasteiger partial charge is 0.383 e. The zero-order chi connectivity index (χ0) is 20.8. The number of hydrogen-bond donors (Lipinski definition) is 2. The standard InChI is InChI=1S/C20H20N4O3S2/c1-20(2,26)19-22-11-18(28-19)29(21,27)23-17(25)12-24-15-9-5-3-7-13(15)14-8-4-6-10-16(14)24/h3-11,26H,12H2,1-2H3,(H2,21,23,25,27). The van der Waals surface area contributed by atoms with Crippen molar-refractivity contribution in [3.8, 4) is 0 Å². The van der Waals surface area contributed by atoms with Gasteiger partial charge in [-0.05, 0) is 26.0 Å². The monoisotopic (exact) mass is 428 g/mol. The molecule has 0 aliphatic carbocycles. The number of benzene rings is 2. The Morgan fingerprint density at radius 1 is 1.17 bits per heavy atom. The fourth-order valence-electron chi connectivity index (χ4n) is 3.21. The van der Waals surface area contributed by atoms with E-state index in [1.54, 1.807) is 13.8 Å². The third-order valence-electron chi connectivity index (χ3n) is 4.51. The molecule has 4 aromatic rings. The summed E-state index contributed by atoms with van der Waals surface area (Å²) < 4.78 is 18.7. The van der Waals surface area contributed by atoms with E-state index in [1.807, 2.05) is 53.1 Å². The highest BCUT2D eigenvalue weighted by Gasteiger charge is 2.23. The zero-order valence-corrected chi connectivity index (χ0v) is 17.5. The van der Waals surface area contributed by atoms with Crippen LogP contribution in [0, 0.1) is 0 Å². The van der Waals surface area contributed by atoms with Crippen LogP contribution in [-0.2, 0) is 26.9 Å². The molecule has 29 heavy (non-hydrogen) atoms. The van der Waals surface area contributed by atoms with E-state index < -0.39 is 21.4 Å². The van der Waals surface area contributed by atoms with Gasteiger partial charge >= 0.3 is 0 Å². The third-order valence-corrected chi connectivity index (χ3v) is 7.73. The summed E-state index contributed by atoms with van der Waals surface area (Å²) >= 11 is 0.987. The molecule has 0 saturated carbocycles. The summed E-state index contributed by atoms with van der Waals surface area (Å²) in [5, 5.41) is 18.3. The number of aromatic nitrogens is 2. The number of thiazole rings is 1. The van der Waals surface area contributed by atoms with Gasteiger partial charge in [0, 0.05) is 21.8 Å². The molecule has 0 spiro atoms. The SMILES string of the molecule is CC(C)(O)c1ncc(S(N)(=O)=NC(=O)Cn2c3ccccc3c3ccccc32)s1. The lowest BCUT2D eigenvalue weighted by atomic mass is 10.2. The van der Waals surface area contributed by atoms with Crippen molar-refractivity contribution in [1.29, 1.82) is 0 Å². The molecule has 2 aromatic carbocycles. The molecule has 0 saturated heterocycles. The lowest BCUT2D eigenvalue weighted by molar-refractivity contribution is -0.118. The first-order valence-electron chi connectivity index (χ1n) is 8.89. The van der Waals surface area contributed by atoms with E-state index in [0.717, 1.165) is 33.1 Å². The number of aliphatic hydroxyl groups is 1. The first kappa shape index (κ1) is 19.7. The fourth-order valence-corrected chi connectivity index (χ4v) is 5.34. The van der Waals surface area contributed by atoms with Crippen molar-refractivity contribution in [2.45, 2.75) is 30.2 Å². The molecule has 0 fully saturated rings. The van der Waals surface area contributed by atoms with Crippen LogP contribution in [-0.4, -0.2) is 24.8 Å². The normalized spacial score (nSPS) is 14.2. The van der Waals surface area contributed by atoms with Gasteiger partial charge in [-0.25, -0.2) is 14.3 Å². The van der Waals surface area contributed by atoms with Crippen LogP contribution in [0.4, 0.5) is 0 Å². The average molecular weight is 429 g/mol. The second kappa shape index (κ2) is 7.03. The number of carbonyl (C=O) groups excluding carboxylic acids is 1. The molecule has 7 nitrogen and oxygen atoms in total. The Bertz CT molecular complexity index is 1300. The van der Waals surface area contributed by atoms with E-state index in [-0.39, 0.29) is 10.8 Å². The van der Waals surface area contributed by atoms with Gasteiger partial charge in [0.15, 0.2) is 9.92 Å². The molecule has 4 rings (SSSR count). The van der Waals surface area contributed by atoms with Crippen LogP contribution in [0.5, 0.6) is 0 Å². The van der Waals surface area contributed by atoms with Crippen LogP contribution in [0.15, 0.2) is 63.3 Å². The van der Waals surface area contributed by atoms with Gasteiger partial charge in [0.1, 0.15) is 21.4 Å². The second-order valence-corrected chi connectivity index (χ2v) is 10.3. The summed E-state index contributed by atoms with van der Waals surface area (Å²) in [7, 11) is -3.45.